The summed E-state index contributed by atoms with van der Waals surface area (Å²) in [6, 6.07) is 20.3. The molecule has 1 aliphatic heterocycles. The molecule has 35 heavy (non-hydrogen) atoms. The van der Waals surface area contributed by atoms with Crippen LogP contribution in [-0.4, -0.2) is 76.3 Å². The Morgan fingerprint density at radius 2 is 1.69 bits per heavy atom. The fraction of sp³-hybridized carbons (Fsp3) is 0.308. The SMILES string of the molecule is COc1ccc(-c2nnn(CC(=O)N3CCN(Cc4cccc5ccccc45)CC3)n2)cc1OC. The van der Waals surface area contributed by atoms with E-state index in [9.17, 15) is 4.79 Å². The van der Waals surface area contributed by atoms with Crippen molar-refractivity contribution in [1.29, 1.82) is 0 Å². The largest absolute Gasteiger partial charge is 0.493 e. The van der Waals surface area contributed by atoms with Crippen LogP contribution in [0.25, 0.3) is 22.2 Å². The van der Waals surface area contributed by atoms with E-state index in [1.54, 1.807) is 26.4 Å². The van der Waals surface area contributed by atoms with Gasteiger partial charge in [0.2, 0.25) is 11.7 Å². The number of aromatic nitrogens is 4. The monoisotopic (exact) mass is 472 g/mol. The Labute approximate surface area is 203 Å². The molecule has 0 unspecified atom stereocenters. The van der Waals surface area contributed by atoms with Crippen LogP contribution in [0.4, 0.5) is 0 Å². The van der Waals surface area contributed by atoms with Crippen LogP contribution in [0.1, 0.15) is 5.56 Å². The van der Waals surface area contributed by atoms with Crippen molar-refractivity contribution in [3.63, 3.8) is 0 Å². The Bertz CT molecular complexity index is 1320. The number of rotatable bonds is 7. The minimum Gasteiger partial charge on any atom is -0.493 e. The van der Waals surface area contributed by atoms with Crippen LogP contribution in [0.5, 0.6) is 11.5 Å². The third-order valence-electron chi connectivity index (χ3n) is 6.37. The summed E-state index contributed by atoms with van der Waals surface area (Å²) in [6.07, 6.45) is 0. The predicted octanol–water partition coefficient (Wildman–Crippen LogP) is 2.85. The molecule has 1 aromatic heterocycles. The van der Waals surface area contributed by atoms with Gasteiger partial charge in [-0.25, -0.2) is 0 Å². The molecule has 0 radical (unpaired) electrons. The Morgan fingerprint density at radius 3 is 2.49 bits per heavy atom. The van der Waals surface area contributed by atoms with Crippen molar-refractivity contribution in [3.8, 4) is 22.9 Å². The normalized spacial score (nSPS) is 14.3. The summed E-state index contributed by atoms with van der Waals surface area (Å²) in [5.41, 5.74) is 2.06. The van der Waals surface area contributed by atoms with Crippen LogP contribution < -0.4 is 9.47 Å². The third kappa shape index (κ3) is 4.95. The summed E-state index contributed by atoms with van der Waals surface area (Å²) >= 11 is 0. The van der Waals surface area contributed by atoms with E-state index in [1.165, 1.54) is 21.1 Å². The zero-order valence-electron chi connectivity index (χ0n) is 19.9. The first kappa shape index (κ1) is 22.8. The number of hydrogen-bond acceptors (Lipinski definition) is 7. The fourth-order valence-corrected chi connectivity index (χ4v) is 4.45. The maximum absolute atomic E-state index is 12.9. The molecular formula is C26H28N6O3. The highest BCUT2D eigenvalue weighted by Gasteiger charge is 2.22. The molecule has 0 N–H and O–H groups in total. The van der Waals surface area contributed by atoms with Gasteiger partial charge in [-0.1, -0.05) is 42.5 Å². The van der Waals surface area contributed by atoms with Gasteiger partial charge in [-0.3, -0.25) is 9.69 Å². The molecule has 0 spiro atoms. The summed E-state index contributed by atoms with van der Waals surface area (Å²) < 4.78 is 10.6. The van der Waals surface area contributed by atoms with E-state index in [-0.39, 0.29) is 12.5 Å². The number of methoxy groups -OCH3 is 2. The van der Waals surface area contributed by atoms with E-state index in [0.717, 1.165) is 25.2 Å². The second-order valence-electron chi connectivity index (χ2n) is 8.51. The Balaban J connectivity index is 1.17. The number of fused-ring (bicyclic) bond motifs is 1. The molecule has 4 aromatic rings. The number of benzene rings is 3. The second kappa shape index (κ2) is 10.1. The zero-order chi connectivity index (χ0) is 24.2. The molecule has 2 heterocycles. The lowest BCUT2D eigenvalue weighted by Gasteiger charge is -2.34. The maximum atomic E-state index is 12.9. The van der Waals surface area contributed by atoms with Gasteiger partial charge in [-0.2, -0.15) is 4.80 Å². The molecule has 3 aromatic carbocycles. The van der Waals surface area contributed by atoms with Gasteiger partial charge in [-0.15, -0.1) is 10.2 Å². The van der Waals surface area contributed by atoms with Gasteiger partial charge < -0.3 is 14.4 Å². The first-order valence-corrected chi connectivity index (χ1v) is 11.6. The van der Waals surface area contributed by atoms with Crippen LogP contribution >= 0.6 is 0 Å². The van der Waals surface area contributed by atoms with Crippen LogP contribution in [0, 0.1) is 0 Å². The van der Waals surface area contributed by atoms with E-state index < -0.39 is 0 Å². The van der Waals surface area contributed by atoms with Gasteiger partial charge in [0.25, 0.3) is 0 Å². The molecule has 0 bridgehead atoms. The van der Waals surface area contributed by atoms with Crippen molar-refractivity contribution >= 4 is 16.7 Å². The molecule has 5 rings (SSSR count). The topological polar surface area (TPSA) is 85.6 Å². The molecule has 1 aliphatic rings. The lowest BCUT2D eigenvalue weighted by molar-refractivity contribution is -0.134. The quantitative estimate of drug-likeness (QED) is 0.409. The Hall–Kier alpha value is -3.98. The number of amides is 1. The van der Waals surface area contributed by atoms with Crippen molar-refractivity contribution in [1.82, 2.24) is 30.0 Å². The number of carbonyl (C=O) groups is 1. The molecule has 9 nitrogen and oxygen atoms in total. The van der Waals surface area contributed by atoms with Crippen molar-refractivity contribution < 1.29 is 14.3 Å². The number of nitrogens with zero attached hydrogens (tertiary/aromatic N) is 6. The van der Waals surface area contributed by atoms with E-state index in [4.69, 9.17) is 9.47 Å². The predicted molar refractivity (Wildman–Crippen MR) is 132 cm³/mol. The minimum absolute atomic E-state index is 0.00827. The average Bonchev–Trinajstić information content (AvgIpc) is 3.37. The molecule has 0 saturated carbocycles. The Kier molecular flexibility index (Phi) is 6.58. The van der Waals surface area contributed by atoms with Crippen molar-refractivity contribution in [2.24, 2.45) is 0 Å². The molecule has 9 heteroatoms. The zero-order valence-corrected chi connectivity index (χ0v) is 19.9. The third-order valence-corrected chi connectivity index (χ3v) is 6.37. The standard InChI is InChI=1S/C26H28N6O3/c1-34-23-11-10-20(16-24(23)35-2)26-27-29-32(28-26)18-25(33)31-14-12-30(13-15-31)17-21-8-5-7-19-6-3-4-9-22(19)21/h3-11,16H,12-15,17-18H2,1-2H3. The fourth-order valence-electron chi connectivity index (χ4n) is 4.45. The number of carbonyl (C=O) groups excluding carboxylic acids is 1. The number of piperazine rings is 1. The van der Waals surface area contributed by atoms with Gasteiger partial charge >= 0.3 is 0 Å². The van der Waals surface area contributed by atoms with E-state index >= 15 is 0 Å². The highest BCUT2D eigenvalue weighted by atomic mass is 16.5. The van der Waals surface area contributed by atoms with Crippen molar-refractivity contribution in [2.45, 2.75) is 13.1 Å². The molecule has 1 fully saturated rings. The lowest BCUT2D eigenvalue weighted by atomic mass is 10.0. The number of tetrazole rings is 1. The minimum atomic E-state index is -0.00827. The van der Waals surface area contributed by atoms with E-state index in [1.807, 2.05) is 11.0 Å². The molecular weight excluding hydrogens is 444 g/mol. The molecule has 1 saturated heterocycles. The molecule has 0 aliphatic carbocycles. The molecule has 1 amide bonds. The number of ether oxygens (including phenoxy) is 2. The van der Waals surface area contributed by atoms with Gasteiger partial charge in [0.05, 0.1) is 14.2 Å². The Morgan fingerprint density at radius 1 is 0.914 bits per heavy atom. The number of hydrogen-bond donors (Lipinski definition) is 0. The molecule has 180 valence electrons. The first-order chi connectivity index (χ1) is 17.1. The van der Waals surface area contributed by atoms with Crippen molar-refractivity contribution in [2.75, 3.05) is 40.4 Å². The summed E-state index contributed by atoms with van der Waals surface area (Å²) in [7, 11) is 3.16. The van der Waals surface area contributed by atoms with Gasteiger partial charge in [-0.05, 0) is 39.7 Å². The summed E-state index contributed by atoms with van der Waals surface area (Å²) in [5, 5.41) is 15.1. The van der Waals surface area contributed by atoms with E-state index in [0.29, 0.717) is 30.4 Å². The smallest absolute Gasteiger partial charge is 0.246 e. The van der Waals surface area contributed by atoms with Crippen molar-refractivity contribution in [3.05, 3.63) is 66.2 Å². The lowest BCUT2D eigenvalue weighted by Crippen LogP contribution is -2.49. The summed E-state index contributed by atoms with van der Waals surface area (Å²) in [4.78, 5) is 18.5. The summed E-state index contributed by atoms with van der Waals surface area (Å²) in [6.45, 7) is 3.96. The highest BCUT2D eigenvalue weighted by Crippen LogP contribution is 2.30. The van der Waals surface area contributed by atoms with Crippen LogP contribution in [0.15, 0.2) is 60.7 Å². The molecule has 0 atom stereocenters. The van der Waals surface area contributed by atoms with Gasteiger partial charge in [0.15, 0.2) is 11.5 Å². The van der Waals surface area contributed by atoms with Crippen LogP contribution in [-0.2, 0) is 17.9 Å². The summed E-state index contributed by atoms with van der Waals surface area (Å²) in [5.74, 6) is 1.63. The van der Waals surface area contributed by atoms with E-state index in [2.05, 4.69) is 62.8 Å². The van der Waals surface area contributed by atoms with Gasteiger partial charge in [0, 0.05) is 38.3 Å². The van der Waals surface area contributed by atoms with Crippen LogP contribution in [0.2, 0.25) is 0 Å². The highest BCUT2D eigenvalue weighted by molar-refractivity contribution is 5.85. The van der Waals surface area contributed by atoms with Gasteiger partial charge in [0.1, 0.15) is 6.54 Å². The average molecular weight is 473 g/mol. The maximum Gasteiger partial charge on any atom is 0.246 e. The first-order valence-electron chi connectivity index (χ1n) is 11.6. The second-order valence-corrected chi connectivity index (χ2v) is 8.51. The van der Waals surface area contributed by atoms with Crippen LogP contribution in [0.3, 0.4) is 0 Å².